The van der Waals surface area contributed by atoms with Crippen molar-refractivity contribution in [3.8, 4) is 0 Å². The van der Waals surface area contributed by atoms with Crippen molar-refractivity contribution in [2.45, 2.75) is 43.8 Å². The van der Waals surface area contributed by atoms with Gasteiger partial charge in [-0.15, -0.1) is 11.8 Å². The van der Waals surface area contributed by atoms with Crippen LogP contribution in [0, 0.1) is 6.92 Å². The second kappa shape index (κ2) is 12.1. The highest BCUT2D eigenvalue weighted by atomic mass is 32.2. The molecule has 0 saturated carbocycles. The number of hydrogen-bond acceptors (Lipinski definition) is 3. The smallest absolute Gasteiger partial charge is 0.248 e. The molecule has 0 spiro atoms. The van der Waals surface area contributed by atoms with E-state index >= 15 is 0 Å². The summed E-state index contributed by atoms with van der Waals surface area (Å²) in [6.07, 6.45) is 4.86. The molecule has 0 aliphatic carbocycles. The van der Waals surface area contributed by atoms with Crippen LogP contribution in [0.5, 0.6) is 0 Å². The normalized spacial score (nSPS) is 11.8. The monoisotopic (exact) mass is 458 g/mol. The van der Waals surface area contributed by atoms with Crippen LogP contribution in [-0.4, -0.2) is 17.1 Å². The summed E-state index contributed by atoms with van der Waals surface area (Å²) in [5.74, 6) is -0.204. The van der Waals surface area contributed by atoms with Gasteiger partial charge in [0, 0.05) is 22.3 Å². The van der Waals surface area contributed by atoms with Gasteiger partial charge in [-0.3, -0.25) is 9.59 Å². The number of benzene rings is 3. The van der Waals surface area contributed by atoms with Crippen LogP contribution in [0.25, 0.3) is 6.08 Å². The number of carbonyl (C=O) groups excluding carboxylic acids is 2. The summed E-state index contributed by atoms with van der Waals surface area (Å²) < 4.78 is 0. The Morgan fingerprint density at radius 2 is 1.70 bits per heavy atom. The number of anilines is 2. The fourth-order valence-electron chi connectivity index (χ4n) is 3.46. The van der Waals surface area contributed by atoms with Crippen molar-refractivity contribution < 1.29 is 9.59 Å². The Labute approximate surface area is 200 Å². The van der Waals surface area contributed by atoms with Gasteiger partial charge in [-0.05, 0) is 60.7 Å². The van der Waals surface area contributed by atoms with Crippen LogP contribution in [0.4, 0.5) is 11.4 Å². The second-order valence-electron chi connectivity index (χ2n) is 7.73. The lowest BCUT2D eigenvalue weighted by Crippen LogP contribution is -2.25. The molecule has 0 aliphatic rings. The molecule has 1 unspecified atom stereocenters. The minimum Gasteiger partial charge on any atom is -0.325 e. The summed E-state index contributed by atoms with van der Waals surface area (Å²) >= 11 is 1.51. The van der Waals surface area contributed by atoms with Gasteiger partial charge in [0.05, 0.1) is 5.25 Å². The maximum atomic E-state index is 13.0. The molecular formula is C28H30N2O2S. The zero-order valence-corrected chi connectivity index (χ0v) is 20.1. The Morgan fingerprint density at radius 1 is 0.939 bits per heavy atom. The van der Waals surface area contributed by atoms with Gasteiger partial charge in [-0.1, -0.05) is 68.4 Å². The lowest BCUT2D eigenvalue weighted by molar-refractivity contribution is -0.115. The SMILES string of the molecule is CCc1cccc(C)c1NC(=O)C(CC)Sc1cccc(NC(=O)/C=C/c2ccccc2)c1. The van der Waals surface area contributed by atoms with Crippen LogP contribution in [0.15, 0.2) is 83.8 Å². The molecule has 0 fully saturated rings. The van der Waals surface area contributed by atoms with Gasteiger partial charge in [0.15, 0.2) is 0 Å². The molecular weight excluding hydrogens is 428 g/mol. The molecule has 0 bridgehead atoms. The third kappa shape index (κ3) is 7.09. The Bertz CT molecular complexity index is 1130. The maximum absolute atomic E-state index is 13.0. The molecule has 2 N–H and O–H groups in total. The van der Waals surface area contributed by atoms with Crippen LogP contribution in [0.3, 0.4) is 0 Å². The summed E-state index contributed by atoms with van der Waals surface area (Å²) in [5, 5.41) is 5.80. The first-order chi connectivity index (χ1) is 16.0. The van der Waals surface area contributed by atoms with Gasteiger partial charge in [-0.2, -0.15) is 0 Å². The van der Waals surface area contributed by atoms with E-state index in [1.54, 1.807) is 6.08 Å². The molecule has 5 heteroatoms. The van der Waals surface area contributed by atoms with Crippen molar-refractivity contribution in [1.82, 2.24) is 0 Å². The molecule has 2 amide bonds. The van der Waals surface area contributed by atoms with E-state index in [0.717, 1.165) is 33.7 Å². The fourth-order valence-corrected chi connectivity index (χ4v) is 4.47. The summed E-state index contributed by atoms with van der Waals surface area (Å²) in [7, 11) is 0. The van der Waals surface area contributed by atoms with Crippen molar-refractivity contribution in [3.05, 3.63) is 95.6 Å². The fraction of sp³-hybridized carbons (Fsp3) is 0.214. The van der Waals surface area contributed by atoms with Crippen LogP contribution < -0.4 is 10.6 Å². The first-order valence-electron chi connectivity index (χ1n) is 11.2. The van der Waals surface area contributed by atoms with E-state index in [1.807, 2.05) is 80.6 Å². The zero-order valence-electron chi connectivity index (χ0n) is 19.3. The molecule has 33 heavy (non-hydrogen) atoms. The number of aryl methyl sites for hydroxylation is 2. The van der Waals surface area contributed by atoms with E-state index in [1.165, 1.54) is 17.8 Å². The zero-order chi connectivity index (χ0) is 23.6. The second-order valence-corrected chi connectivity index (χ2v) is 9.00. The Hall–Kier alpha value is -3.31. The molecule has 1 atom stereocenters. The minimum atomic E-state index is -0.238. The molecule has 0 aromatic heterocycles. The lowest BCUT2D eigenvalue weighted by atomic mass is 10.1. The van der Waals surface area contributed by atoms with Crippen molar-refractivity contribution in [2.75, 3.05) is 10.6 Å². The standard InChI is InChI=1S/C28H30N2O2S/c1-4-22-14-9-11-20(3)27(22)30-28(32)25(5-2)33-24-16-10-15-23(19-24)29-26(31)18-17-21-12-7-6-8-13-21/h6-19,25H,4-5H2,1-3H3,(H,29,31)(H,30,32)/b18-17+. The number of carbonyl (C=O) groups is 2. The highest BCUT2D eigenvalue weighted by Crippen LogP contribution is 2.30. The van der Waals surface area contributed by atoms with Crippen molar-refractivity contribution in [3.63, 3.8) is 0 Å². The number of rotatable bonds is 9. The molecule has 170 valence electrons. The Balaban J connectivity index is 1.65. The summed E-state index contributed by atoms with van der Waals surface area (Å²) in [4.78, 5) is 26.3. The molecule has 0 heterocycles. The van der Waals surface area contributed by atoms with E-state index in [0.29, 0.717) is 12.1 Å². The largest absolute Gasteiger partial charge is 0.325 e. The van der Waals surface area contributed by atoms with E-state index in [2.05, 4.69) is 23.6 Å². The van der Waals surface area contributed by atoms with Crippen molar-refractivity contribution in [2.24, 2.45) is 0 Å². The first-order valence-corrected chi connectivity index (χ1v) is 12.1. The predicted octanol–water partition coefficient (Wildman–Crippen LogP) is 6.72. The third-order valence-electron chi connectivity index (χ3n) is 5.26. The van der Waals surface area contributed by atoms with Crippen LogP contribution >= 0.6 is 11.8 Å². The number of hydrogen-bond donors (Lipinski definition) is 2. The first kappa shape index (κ1) is 24.3. The van der Waals surface area contributed by atoms with E-state index in [-0.39, 0.29) is 17.1 Å². The molecule has 3 rings (SSSR count). The number of para-hydroxylation sites is 1. The van der Waals surface area contributed by atoms with E-state index in [4.69, 9.17) is 0 Å². The Kier molecular flexibility index (Phi) is 8.90. The highest BCUT2D eigenvalue weighted by molar-refractivity contribution is 8.00. The van der Waals surface area contributed by atoms with Gasteiger partial charge in [-0.25, -0.2) is 0 Å². The quantitative estimate of drug-likeness (QED) is 0.276. The average Bonchev–Trinajstić information content (AvgIpc) is 2.83. The van der Waals surface area contributed by atoms with Gasteiger partial charge in [0.2, 0.25) is 11.8 Å². The summed E-state index contributed by atoms with van der Waals surface area (Å²) in [5.41, 5.74) is 4.78. The predicted molar refractivity (Wildman–Crippen MR) is 140 cm³/mol. The molecule has 0 saturated heterocycles. The van der Waals surface area contributed by atoms with Gasteiger partial charge in [0.1, 0.15) is 0 Å². The van der Waals surface area contributed by atoms with Crippen LogP contribution in [-0.2, 0) is 16.0 Å². The number of amides is 2. The molecule has 3 aromatic rings. The third-order valence-corrected chi connectivity index (χ3v) is 6.62. The van der Waals surface area contributed by atoms with Gasteiger partial charge >= 0.3 is 0 Å². The summed E-state index contributed by atoms with van der Waals surface area (Å²) in [6, 6.07) is 23.4. The van der Waals surface area contributed by atoms with Crippen molar-refractivity contribution in [1.29, 1.82) is 0 Å². The molecule has 0 aliphatic heterocycles. The van der Waals surface area contributed by atoms with E-state index in [9.17, 15) is 9.59 Å². The topological polar surface area (TPSA) is 58.2 Å². The molecule has 4 nitrogen and oxygen atoms in total. The molecule has 3 aromatic carbocycles. The Morgan fingerprint density at radius 3 is 2.42 bits per heavy atom. The van der Waals surface area contributed by atoms with Gasteiger partial charge < -0.3 is 10.6 Å². The van der Waals surface area contributed by atoms with Gasteiger partial charge in [0.25, 0.3) is 0 Å². The maximum Gasteiger partial charge on any atom is 0.248 e. The van der Waals surface area contributed by atoms with E-state index < -0.39 is 0 Å². The lowest BCUT2D eigenvalue weighted by Gasteiger charge is -2.18. The van der Waals surface area contributed by atoms with Crippen LogP contribution in [0.2, 0.25) is 0 Å². The number of thioether (sulfide) groups is 1. The minimum absolute atomic E-state index is 0.00765. The number of nitrogens with one attached hydrogen (secondary N) is 2. The highest BCUT2D eigenvalue weighted by Gasteiger charge is 2.20. The van der Waals surface area contributed by atoms with Crippen LogP contribution in [0.1, 0.15) is 37.0 Å². The summed E-state index contributed by atoms with van der Waals surface area (Å²) in [6.45, 7) is 6.11. The average molecular weight is 459 g/mol. The molecule has 0 radical (unpaired) electrons. The van der Waals surface area contributed by atoms with Crippen molar-refractivity contribution >= 4 is 41.0 Å².